The quantitative estimate of drug-likeness (QED) is 0.609. The molecular formula is C17H18Cl2N4O3. The molecule has 1 amide bonds. The number of rotatable bonds is 5. The van der Waals surface area contributed by atoms with Crippen LogP contribution < -0.4 is 5.32 Å². The molecule has 1 aromatic heterocycles. The van der Waals surface area contributed by atoms with Gasteiger partial charge in [-0.25, -0.2) is 0 Å². The number of carbonyl (C=O) groups excluding carboxylic acids is 1. The third kappa shape index (κ3) is 3.64. The molecule has 1 aromatic carbocycles. The predicted octanol–water partition coefficient (Wildman–Crippen LogP) is 4.09. The highest BCUT2D eigenvalue weighted by molar-refractivity contribution is 6.41. The minimum absolute atomic E-state index is 0.102. The topological polar surface area (TPSA) is 80.4 Å². The highest BCUT2D eigenvalue weighted by atomic mass is 35.5. The van der Waals surface area contributed by atoms with Crippen LogP contribution in [0, 0.1) is 10.1 Å². The maximum atomic E-state index is 12.7. The number of hydrogen-bond donors (Lipinski definition) is 1. The molecular weight excluding hydrogens is 379 g/mol. The van der Waals surface area contributed by atoms with Gasteiger partial charge in [0.1, 0.15) is 10.7 Å². The number of likely N-dealkylation sites (tertiary alicyclic amines) is 1. The highest BCUT2D eigenvalue weighted by Gasteiger charge is 2.27. The first-order chi connectivity index (χ1) is 12.4. The van der Waals surface area contributed by atoms with Crippen LogP contribution in [0.3, 0.4) is 0 Å². The van der Waals surface area contributed by atoms with Gasteiger partial charge in [0, 0.05) is 37.6 Å². The lowest BCUT2D eigenvalue weighted by Gasteiger charge is -2.16. The lowest BCUT2D eigenvalue weighted by atomic mass is 10.1. The van der Waals surface area contributed by atoms with Crippen LogP contribution in [0.1, 0.15) is 28.9 Å². The first-order valence-corrected chi connectivity index (χ1v) is 8.95. The van der Waals surface area contributed by atoms with Gasteiger partial charge in [0.25, 0.3) is 11.6 Å². The molecule has 0 unspecified atom stereocenters. The van der Waals surface area contributed by atoms with Crippen LogP contribution >= 0.6 is 23.2 Å². The Morgan fingerprint density at radius 3 is 2.54 bits per heavy atom. The number of hydrogen-bond acceptors (Lipinski definition) is 4. The van der Waals surface area contributed by atoms with Gasteiger partial charge in [-0.2, -0.15) is 0 Å². The van der Waals surface area contributed by atoms with Crippen molar-refractivity contribution in [3.05, 3.63) is 55.8 Å². The van der Waals surface area contributed by atoms with Gasteiger partial charge >= 0.3 is 0 Å². The zero-order valence-corrected chi connectivity index (χ0v) is 15.7. The summed E-state index contributed by atoms with van der Waals surface area (Å²) in [5, 5.41) is 15.4. The van der Waals surface area contributed by atoms with Crippen molar-refractivity contribution in [2.24, 2.45) is 7.05 Å². The van der Waals surface area contributed by atoms with Crippen molar-refractivity contribution in [1.82, 2.24) is 9.47 Å². The van der Waals surface area contributed by atoms with Crippen molar-refractivity contribution >= 4 is 40.5 Å². The largest absolute Gasteiger partial charge is 0.379 e. The van der Waals surface area contributed by atoms with Crippen molar-refractivity contribution in [3.8, 4) is 0 Å². The van der Waals surface area contributed by atoms with E-state index >= 15 is 0 Å². The molecule has 0 bridgehead atoms. The number of nitrogens with zero attached hydrogens (tertiary/aromatic N) is 3. The molecule has 1 N–H and O–H groups in total. The van der Waals surface area contributed by atoms with Gasteiger partial charge in [0.15, 0.2) is 0 Å². The van der Waals surface area contributed by atoms with Crippen molar-refractivity contribution in [1.29, 1.82) is 0 Å². The van der Waals surface area contributed by atoms with Crippen LogP contribution in [-0.4, -0.2) is 33.4 Å². The highest BCUT2D eigenvalue weighted by Crippen LogP contribution is 2.28. The summed E-state index contributed by atoms with van der Waals surface area (Å²) >= 11 is 12.1. The number of amides is 1. The summed E-state index contributed by atoms with van der Waals surface area (Å²) < 4.78 is 1.75. The summed E-state index contributed by atoms with van der Waals surface area (Å²) in [7, 11) is 1.80. The molecule has 1 aliphatic rings. The maximum Gasteiger partial charge on any atom is 0.282 e. The fraction of sp³-hybridized carbons (Fsp3) is 0.353. The SMILES string of the molecule is Cn1c(CNc2ccc([N+](=O)[O-])c(C(=O)N3CCCC3)c2)cc(Cl)c1Cl. The number of nitro groups is 1. The molecule has 9 heteroatoms. The molecule has 1 aliphatic heterocycles. The monoisotopic (exact) mass is 396 g/mol. The Morgan fingerprint density at radius 1 is 1.27 bits per heavy atom. The number of halogens is 2. The van der Waals surface area contributed by atoms with Gasteiger partial charge in [-0.15, -0.1) is 0 Å². The third-order valence-electron chi connectivity index (χ3n) is 4.51. The van der Waals surface area contributed by atoms with Crippen LogP contribution in [0.5, 0.6) is 0 Å². The summed E-state index contributed by atoms with van der Waals surface area (Å²) in [5.41, 5.74) is 1.39. The number of anilines is 1. The zero-order valence-electron chi connectivity index (χ0n) is 14.2. The minimum atomic E-state index is -0.524. The first kappa shape index (κ1) is 18.5. The van der Waals surface area contributed by atoms with Crippen molar-refractivity contribution < 1.29 is 9.72 Å². The molecule has 7 nitrogen and oxygen atoms in total. The average molecular weight is 397 g/mol. The summed E-state index contributed by atoms with van der Waals surface area (Å²) in [6, 6.07) is 6.23. The molecule has 26 heavy (non-hydrogen) atoms. The second kappa shape index (κ2) is 7.55. The van der Waals surface area contributed by atoms with E-state index in [9.17, 15) is 14.9 Å². The Labute approximate surface area is 160 Å². The molecule has 0 spiro atoms. The first-order valence-electron chi connectivity index (χ1n) is 8.19. The normalized spacial score (nSPS) is 13.9. The van der Waals surface area contributed by atoms with Crippen LogP contribution in [-0.2, 0) is 13.6 Å². The molecule has 0 aliphatic carbocycles. The van der Waals surface area contributed by atoms with E-state index in [-0.39, 0.29) is 17.2 Å². The second-order valence-electron chi connectivity index (χ2n) is 6.18. The van der Waals surface area contributed by atoms with Gasteiger partial charge in [0.2, 0.25) is 0 Å². The summed E-state index contributed by atoms with van der Waals surface area (Å²) in [6.45, 7) is 1.68. The van der Waals surface area contributed by atoms with E-state index < -0.39 is 4.92 Å². The minimum Gasteiger partial charge on any atom is -0.379 e. The van der Waals surface area contributed by atoms with Crippen molar-refractivity contribution in [3.63, 3.8) is 0 Å². The standard InChI is InChI=1S/C17H18Cl2N4O3/c1-21-12(9-14(18)16(21)19)10-20-11-4-5-15(23(25)26)13(8-11)17(24)22-6-2-3-7-22/h4-5,8-9,20H,2-3,6-7,10H2,1H3. The molecule has 1 fully saturated rings. The van der Waals surface area contributed by atoms with E-state index in [1.807, 2.05) is 0 Å². The molecule has 1 saturated heterocycles. The van der Waals surface area contributed by atoms with Crippen molar-refractivity contribution in [2.45, 2.75) is 19.4 Å². The number of benzene rings is 1. The van der Waals surface area contributed by atoms with Crippen molar-refractivity contribution in [2.75, 3.05) is 18.4 Å². The average Bonchev–Trinajstić information content (AvgIpc) is 3.24. The van der Waals surface area contributed by atoms with Crippen LogP contribution in [0.2, 0.25) is 10.2 Å². The van der Waals surface area contributed by atoms with Gasteiger partial charge < -0.3 is 14.8 Å². The Morgan fingerprint density at radius 2 is 1.96 bits per heavy atom. The molecule has 2 heterocycles. The number of carbonyl (C=O) groups is 1. The molecule has 138 valence electrons. The van der Waals surface area contributed by atoms with Crippen LogP contribution in [0.25, 0.3) is 0 Å². The van der Waals surface area contributed by atoms with Gasteiger partial charge in [-0.3, -0.25) is 14.9 Å². The predicted molar refractivity (Wildman–Crippen MR) is 101 cm³/mol. The lowest BCUT2D eigenvalue weighted by molar-refractivity contribution is -0.385. The Kier molecular flexibility index (Phi) is 5.38. The van der Waals surface area contributed by atoms with E-state index in [2.05, 4.69) is 5.32 Å². The third-order valence-corrected chi connectivity index (χ3v) is 5.35. The Hall–Kier alpha value is -2.25. The maximum absolute atomic E-state index is 12.7. The Balaban J connectivity index is 1.84. The van der Waals surface area contributed by atoms with E-state index in [0.29, 0.717) is 35.5 Å². The fourth-order valence-electron chi connectivity index (χ4n) is 3.02. The molecule has 0 radical (unpaired) electrons. The summed E-state index contributed by atoms with van der Waals surface area (Å²) in [5.74, 6) is -0.303. The zero-order chi connectivity index (χ0) is 18.8. The second-order valence-corrected chi connectivity index (χ2v) is 6.94. The Bertz CT molecular complexity index is 860. The molecule has 0 saturated carbocycles. The van der Waals surface area contributed by atoms with E-state index in [1.165, 1.54) is 12.1 Å². The number of aromatic nitrogens is 1. The summed E-state index contributed by atoms with van der Waals surface area (Å²) in [4.78, 5) is 25.1. The number of nitrogens with one attached hydrogen (secondary N) is 1. The van der Waals surface area contributed by atoms with E-state index in [4.69, 9.17) is 23.2 Å². The van der Waals surface area contributed by atoms with Gasteiger partial charge in [-0.05, 0) is 31.0 Å². The number of nitro benzene ring substituents is 1. The molecule has 2 aromatic rings. The molecule has 0 atom stereocenters. The lowest BCUT2D eigenvalue weighted by Crippen LogP contribution is -2.28. The van der Waals surface area contributed by atoms with Gasteiger partial charge in [0.05, 0.1) is 16.5 Å². The summed E-state index contributed by atoms with van der Waals surface area (Å²) in [6.07, 6.45) is 1.85. The van der Waals surface area contributed by atoms with Crippen LogP contribution in [0.15, 0.2) is 24.3 Å². The smallest absolute Gasteiger partial charge is 0.282 e. The van der Waals surface area contributed by atoms with E-state index in [0.717, 1.165) is 18.5 Å². The van der Waals surface area contributed by atoms with Crippen LogP contribution in [0.4, 0.5) is 11.4 Å². The van der Waals surface area contributed by atoms with Gasteiger partial charge in [-0.1, -0.05) is 23.2 Å². The fourth-order valence-corrected chi connectivity index (χ4v) is 3.43. The van der Waals surface area contributed by atoms with E-state index in [1.54, 1.807) is 28.6 Å². The molecule has 3 rings (SSSR count).